The number of rotatable bonds is 2. The van der Waals surface area contributed by atoms with Crippen LogP contribution in [0.4, 0.5) is 5.82 Å². The van der Waals surface area contributed by atoms with Crippen LogP contribution in [0.1, 0.15) is 10.4 Å². The third-order valence-corrected chi connectivity index (χ3v) is 3.35. The number of nitrogens with two attached hydrogens (primary N) is 1. The summed E-state index contributed by atoms with van der Waals surface area (Å²) in [6.45, 7) is 0. The fourth-order valence-electron chi connectivity index (χ4n) is 2.29. The average Bonchev–Trinajstić information content (AvgIpc) is 2.54. The van der Waals surface area contributed by atoms with Gasteiger partial charge in [0.25, 0.3) is 0 Å². The Kier molecular flexibility index (Phi) is 3.28. The van der Waals surface area contributed by atoms with Crippen LogP contribution in [0.15, 0.2) is 54.6 Å². The van der Waals surface area contributed by atoms with Crippen LogP contribution >= 0.6 is 0 Å². The minimum absolute atomic E-state index is 0.366. The number of fused-ring (bicyclic) bond motifs is 1. The Balaban J connectivity index is 2.19. The second-order valence-corrected chi connectivity index (χ2v) is 4.69. The van der Waals surface area contributed by atoms with E-state index < -0.39 is 0 Å². The lowest BCUT2D eigenvalue weighted by atomic mass is 10.0. The minimum Gasteiger partial charge on any atom is -0.465 e. The zero-order chi connectivity index (χ0) is 14.8. The molecule has 0 saturated carbocycles. The highest BCUT2D eigenvalue weighted by atomic mass is 16.5. The molecule has 0 aliphatic carbocycles. The Hall–Kier alpha value is -2.88. The molecule has 1 aromatic heterocycles. The molecule has 104 valence electrons. The maximum absolute atomic E-state index is 11.6. The van der Waals surface area contributed by atoms with Crippen molar-refractivity contribution in [2.75, 3.05) is 12.8 Å². The summed E-state index contributed by atoms with van der Waals surface area (Å²) in [5.74, 6) is 0.106. The predicted octanol–water partition coefficient (Wildman–Crippen LogP) is 3.27. The fourth-order valence-corrected chi connectivity index (χ4v) is 2.29. The van der Waals surface area contributed by atoms with Crippen LogP contribution in [-0.4, -0.2) is 18.1 Å². The Labute approximate surface area is 122 Å². The molecule has 3 aromatic rings. The topological polar surface area (TPSA) is 65.2 Å². The molecule has 0 radical (unpaired) electrons. The van der Waals surface area contributed by atoms with Crippen LogP contribution in [0.25, 0.3) is 22.0 Å². The number of ether oxygens (including phenoxy) is 1. The zero-order valence-corrected chi connectivity index (χ0v) is 11.5. The van der Waals surface area contributed by atoms with Crippen LogP contribution in [-0.2, 0) is 4.74 Å². The van der Waals surface area contributed by atoms with Gasteiger partial charge in [-0.25, -0.2) is 9.78 Å². The predicted molar refractivity (Wildman–Crippen MR) is 82.9 cm³/mol. The highest BCUT2D eigenvalue weighted by Crippen LogP contribution is 2.28. The van der Waals surface area contributed by atoms with E-state index >= 15 is 0 Å². The molecule has 0 amide bonds. The number of nitrogen functional groups attached to an aromatic ring is 1. The zero-order valence-electron chi connectivity index (χ0n) is 11.5. The molecule has 0 aliphatic rings. The summed E-state index contributed by atoms with van der Waals surface area (Å²) in [6.07, 6.45) is 0. The van der Waals surface area contributed by atoms with Crippen LogP contribution in [0, 0.1) is 0 Å². The lowest BCUT2D eigenvalue weighted by molar-refractivity contribution is 0.0601. The summed E-state index contributed by atoms with van der Waals surface area (Å²) in [6, 6.07) is 17.0. The monoisotopic (exact) mass is 278 g/mol. The number of anilines is 1. The van der Waals surface area contributed by atoms with Gasteiger partial charge in [0.1, 0.15) is 5.82 Å². The Morgan fingerprint density at radius 3 is 2.57 bits per heavy atom. The van der Waals surface area contributed by atoms with Gasteiger partial charge >= 0.3 is 5.97 Å². The Morgan fingerprint density at radius 2 is 1.86 bits per heavy atom. The number of pyridine rings is 1. The van der Waals surface area contributed by atoms with Crippen molar-refractivity contribution in [2.45, 2.75) is 0 Å². The van der Waals surface area contributed by atoms with Gasteiger partial charge in [0.15, 0.2) is 0 Å². The molecular weight excluding hydrogens is 264 g/mol. The van der Waals surface area contributed by atoms with Gasteiger partial charge in [0.2, 0.25) is 0 Å². The number of esters is 1. The van der Waals surface area contributed by atoms with Crippen molar-refractivity contribution in [3.05, 3.63) is 60.2 Å². The largest absolute Gasteiger partial charge is 0.465 e. The average molecular weight is 278 g/mol. The van der Waals surface area contributed by atoms with E-state index in [0.29, 0.717) is 11.4 Å². The fraction of sp³-hybridized carbons (Fsp3) is 0.0588. The Bertz CT molecular complexity index is 814. The van der Waals surface area contributed by atoms with E-state index in [0.717, 1.165) is 22.0 Å². The van der Waals surface area contributed by atoms with Crippen molar-refractivity contribution in [2.24, 2.45) is 0 Å². The van der Waals surface area contributed by atoms with E-state index in [-0.39, 0.29) is 5.97 Å². The quantitative estimate of drug-likeness (QED) is 0.731. The third kappa shape index (κ3) is 2.43. The van der Waals surface area contributed by atoms with Gasteiger partial charge in [-0.05, 0) is 29.8 Å². The van der Waals surface area contributed by atoms with E-state index in [4.69, 9.17) is 10.5 Å². The van der Waals surface area contributed by atoms with Gasteiger partial charge in [-0.2, -0.15) is 0 Å². The number of methoxy groups -OCH3 is 1. The molecule has 21 heavy (non-hydrogen) atoms. The maximum atomic E-state index is 11.6. The first-order valence-corrected chi connectivity index (χ1v) is 6.53. The van der Waals surface area contributed by atoms with E-state index in [1.807, 2.05) is 36.4 Å². The summed E-state index contributed by atoms with van der Waals surface area (Å²) in [5.41, 5.74) is 9.13. The van der Waals surface area contributed by atoms with Crippen LogP contribution in [0.3, 0.4) is 0 Å². The highest BCUT2D eigenvalue weighted by Gasteiger charge is 2.10. The molecule has 0 fully saturated rings. The van der Waals surface area contributed by atoms with Crippen LogP contribution < -0.4 is 5.73 Å². The van der Waals surface area contributed by atoms with Crippen molar-refractivity contribution in [3.8, 4) is 11.1 Å². The van der Waals surface area contributed by atoms with Crippen molar-refractivity contribution in [1.29, 1.82) is 0 Å². The SMILES string of the molecule is COC(=O)c1ccc2nc(N)c(-c3ccccc3)cc2c1. The first-order valence-electron chi connectivity index (χ1n) is 6.53. The summed E-state index contributed by atoms with van der Waals surface area (Å²) in [4.78, 5) is 16.0. The van der Waals surface area contributed by atoms with E-state index in [1.165, 1.54) is 7.11 Å². The van der Waals surface area contributed by atoms with Gasteiger partial charge in [-0.3, -0.25) is 0 Å². The minimum atomic E-state index is -0.366. The van der Waals surface area contributed by atoms with Crippen LogP contribution in [0.2, 0.25) is 0 Å². The number of aromatic nitrogens is 1. The summed E-state index contributed by atoms with van der Waals surface area (Å²) in [7, 11) is 1.36. The molecule has 3 rings (SSSR count). The summed E-state index contributed by atoms with van der Waals surface area (Å²) < 4.78 is 4.74. The maximum Gasteiger partial charge on any atom is 0.337 e. The lowest BCUT2D eigenvalue weighted by Crippen LogP contribution is -2.01. The molecule has 0 spiro atoms. The van der Waals surface area contributed by atoms with E-state index in [1.54, 1.807) is 18.2 Å². The molecule has 0 unspecified atom stereocenters. The van der Waals surface area contributed by atoms with Gasteiger partial charge in [-0.1, -0.05) is 30.3 Å². The highest BCUT2D eigenvalue weighted by molar-refractivity contribution is 5.96. The molecule has 0 aliphatic heterocycles. The smallest absolute Gasteiger partial charge is 0.337 e. The first-order chi connectivity index (χ1) is 10.2. The molecule has 4 heteroatoms. The molecule has 1 heterocycles. The standard InChI is InChI=1S/C17H14N2O2/c1-21-17(20)12-7-8-15-13(9-12)10-14(16(18)19-15)11-5-3-2-4-6-11/h2-10H,1H3,(H2,18,19). The molecule has 4 nitrogen and oxygen atoms in total. The number of hydrogen-bond acceptors (Lipinski definition) is 4. The molecule has 0 saturated heterocycles. The van der Waals surface area contributed by atoms with Gasteiger partial charge in [0.05, 0.1) is 18.2 Å². The molecular formula is C17H14N2O2. The first kappa shape index (κ1) is 13.1. The second kappa shape index (κ2) is 5.25. The number of nitrogens with zero attached hydrogens (tertiary/aromatic N) is 1. The number of carbonyl (C=O) groups is 1. The molecule has 2 aromatic carbocycles. The van der Waals surface area contributed by atoms with Crippen LogP contribution in [0.5, 0.6) is 0 Å². The summed E-state index contributed by atoms with van der Waals surface area (Å²) in [5, 5.41) is 0.853. The number of carbonyl (C=O) groups excluding carboxylic acids is 1. The molecule has 2 N–H and O–H groups in total. The number of benzene rings is 2. The summed E-state index contributed by atoms with van der Waals surface area (Å²) >= 11 is 0. The van der Waals surface area contributed by atoms with E-state index in [9.17, 15) is 4.79 Å². The van der Waals surface area contributed by atoms with Crippen molar-refractivity contribution >= 4 is 22.7 Å². The normalized spacial score (nSPS) is 10.5. The van der Waals surface area contributed by atoms with Crippen molar-refractivity contribution in [3.63, 3.8) is 0 Å². The number of hydrogen-bond donors (Lipinski definition) is 1. The van der Waals surface area contributed by atoms with Gasteiger partial charge < -0.3 is 10.5 Å². The van der Waals surface area contributed by atoms with Crippen molar-refractivity contribution in [1.82, 2.24) is 4.98 Å². The third-order valence-electron chi connectivity index (χ3n) is 3.35. The van der Waals surface area contributed by atoms with Gasteiger partial charge in [0, 0.05) is 10.9 Å². The Morgan fingerprint density at radius 1 is 1.10 bits per heavy atom. The molecule has 0 atom stereocenters. The van der Waals surface area contributed by atoms with Crippen molar-refractivity contribution < 1.29 is 9.53 Å². The van der Waals surface area contributed by atoms with Gasteiger partial charge in [-0.15, -0.1) is 0 Å². The lowest BCUT2D eigenvalue weighted by Gasteiger charge is -2.08. The second-order valence-electron chi connectivity index (χ2n) is 4.69. The van der Waals surface area contributed by atoms with E-state index in [2.05, 4.69) is 4.98 Å². The molecule has 0 bridgehead atoms.